The molecule has 70 valence electrons. The smallest absolute Gasteiger partial charge is 0.0702 e. The van der Waals surface area contributed by atoms with E-state index in [1.54, 1.807) is 36.4 Å². The summed E-state index contributed by atoms with van der Waals surface area (Å²) in [5, 5.41) is 0. The van der Waals surface area contributed by atoms with E-state index in [4.69, 9.17) is 6.85 Å². The summed E-state index contributed by atoms with van der Waals surface area (Å²) in [6.45, 7) is -3.14. The number of rotatable bonds is 1. The lowest BCUT2D eigenvalue weighted by Crippen LogP contribution is -1.83. The zero-order chi connectivity index (χ0) is 14.0. The fraction of sp³-hybridized carbons (Fsp3) is 0.154. The van der Waals surface area contributed by atoms with Gasteiger partial charge in [0.2, 0.25) is 0 Å². The lowest BCUT2D eigenvalue weighted by Gasteiger charge is -2.01. The summed E-state index contributed by atoms with van der Waals surface area (Å²) in [5.74, 6) is 0. The Hall–Kier alpha value is -1.63. The van der Waals surface area contributed by atoms with Crippen LogP contribution in [0.15, 0.2) is 42.6 Å². The number of nitrogens with zero attached hydrogens (tertiary/aromatic N) is 1. The van der Waals surface area contributed by atoms with E-state index in [1.807, 2.05) is 0 Å². The summed E-state index contributed by atoms with van der Waals surface area (Å²) in [6.07, 6.45) is 1.36. The van der Waals surface area contributed by atoms with Crippen molar-refractivity contribution in [1.29, 1.82) is 0 Å². The first-order valence-corrected chi connectivity index (χ1v) is 4.29. The molecule has 0 fully saturated rings. The van der Waals surface area contributed by atoms with Gasteiger partial charge in [0.15, 0.2) is 0 Å². The molecule has 0 N–H and O–H groups in total. The number of aromatic nitrogens is 1. The summed E-state index contributed by atoms with van der Waals surface area (Å²) in [5.41, 5.74) is 2.33. The summed E-state index contributed by atoms with van der Waals surface area (Å²) >= 11 is 0. The van der Waals surface area contributed by atoms with Gasteiger partial charge >= 0.3 is 0 Å². The van der Waals surface area contributed by atoms with Crippen LogP contribution in [-0.4, -0.2) is 4.98 Å². The summed E-state index contributed by atoms with van der Waals surface area (Å²) in [7, 11) is 0. The van der Waals surface area contributed by atoms with Gasteiger partial charge in [-0.1, -0.05) is 35.9 Å². The standard InChI is InChI=1S/C13H13N/c1-10-3-6-12(7-4-10)13-8-5-11(2)9-14-13/h3-9H,1-2H3/i1D2,2D3. The molecule has 1 heterocycles. The molecule has 2 aromatic rings. The van der Waals surface area contributed by atoms with Crippen molar-refractivity contribution in [3.8, 4) is 11.3 Å². The molecule has 2 rings (SSSR count). The third-order valence-electron chi connectivity index (χ3n) is 1.97. The van der Waals surface area contributed by atoms with E-state index in [1.165, 1.54) is 6.20 Å². The third-order valence-corrected chi connectivity index (χ3v) is 1.97. The van der Waals surface area contributed by atoms with E-state index in [-0.39, 0.29) is 5.56 Å². The van der Waals surface area contributed by atoms with Crippen LogP contribution in [0.5, 0.6) is 0 Å². The molecular weight excluding hydrogens is 170 g/mol. The molecule has 0 aliphatic carbocycles. The first-order valence-electron chi connectivity index (χ1n) is 6.95. The molecule has 0 radical (unpaired) electrons. The average molecular weight is 188 g/mol. The van der Waals surface area contributed by atoms with E-state index < -0.39 is 13.7 Å². The second kappa shape index (κ2) is 3.62. The van der Waals surface area contributed by atoms with E-state index >= 15 is 0 Å². The molecule has 0 saturated carbocycles. The van der Waals surface area contributed by atoms with Gasteiger partial charge in [-0.05, 0) is 25.4 Å². The molecule has 1 heteroatoms. The number of benzene rings is 1. The minimum Gasteiger partial charge on any atom is -0.256 e. The summed E-state index contributed by atoms with van der Waals surface area (Å²) < 4.78 is 36.4. The van der Waals surface area contributed by atoms with Crippen molar-refractivity contribution in [3.63, 3.8) is 0 Å². The average Bonchev–Trinajstić information content (AvgIpc) is 2.38. The van der Waals surface area contributed by atoms with Crippen LogP contribution in [0.4, 0.5) is 0 Å². The van der Waals surface area contributed by atoms with Crippen LogP contribution >= 0.6 is 0 Å². The van der Waals surface area contributed by atoms with Gasteiger partial charge in [0.25, 0.3) is 0 Å². The maximum atomic E-state index is 7.28. The molecule has 0 aliphatic heterocycles. The summed E-state index contributed by atoms with van der Waals surface area (Å²) in [6, 6.07) is 10.2. The predicted molar refractivity (Wildman–Crippen MR) is 59.1 cm³/mol. The van der Waals surface area contributed by atoms with Gasteiger partial charge in [0.05, 0.1) is 5.69 Å². The lowest BCUT2D eigenvalue weighted by molar-refractivity contribution is 1.27. The van der Waals surface area contributed by atoms with Crippen molar-refractivity contribution in [1.82, 2.24) is 4.98 Å². The fourth-order valence-electron chi connectivity index (χ4n) is 1.22. The Balaban J connectivity index is 2.27. The molecule has 0 amide bonds. The van der Waals surface area contributed by atoms with Crippen LogP contribution in [-0.2, 0) is 0 Å². The van der Waals surface area contributed by atoms with Crippen LogP contribution in [0.1, 0.15) is 18.0 Å². The Morgan fingerprint density at radius 2 is 1.79 bits per heavy atom. The third kappa shape index (κ3) is 1.82. The molecule has 0 atom stereocenters. The Morgan fingerprint density at radius 1 is 1.00 bits per heavy atom. The highest BCUT2D eigenvalue weighted by Gasteiger charge is 1.97. The predicted octanol–water partition coefficient (Wildman–Crippen LogP) is 3.37. The van der Waals surface area contributed by atoms with Crippen LogP contribution in [0.3, 0.4) is 0 Å². The Morgan fingerprint density at radius 3 is 2.36 bits per heavy atom. The van der Waals surface area contributed by atoms with Gasteiger partial charge in [-0.3, -0.25) is 4.98 Å². The first-order chi connectivity index (χ1) is 8.88. The molecule has 0 bridgehead atoms. The highest BCUT2D eigenvalue weighted by Crippen LogP contribution is 2.17. The maximum absolute atomic E-state index is 7.28. The van der Waals surface area contributed by atoms with Crippen molar-refractivity contribution in [2.75, 3.05) is 0 Å². The van der Waals surface area contributed by atoms with Crippen molar-refractivity contribution < 1.29 is 6.85 Å². The second-order valence-electron chi connectivity index (χ2n) is 3.05. The highest BCUT2D eigenvalue weighted by molar-refractivity contribution is 5.59. The quantitative estimate of drug-likeness (QED) is 0.668. The highest BCUT2D eigenvalue weighted by atomic mass is 14.7. The number of hydrogen-bond acceptors (Lipinski definition) is 1. The minimum atomic E-state index is -2.14. The van der Waals surface area contributed by atoms with Crippen molar-refractivity contribution in [2.45, 2.75) is 13.7 Å². The number of hydrogen-bond donors (Lipinski definition) is 0. The Labute approximate surface area is 91.5 Å². The fourth-order valence-corrected chi connectivity index (χ4v) is 1.22. The zero-order valence-corrected chi connectivity index (χ0v) is 7.57. The summed E-state index contributed by atoms with van der Waals surface area (Å²) in [4.78, 5) is 4.14. The van der Waals surface area contributed by atoms with Crippen LogP contribution in [0.2, 0.25) is 0 Å². The van der Waals surface area contributed by atoms with Crippen molar-refractivity contribution >= 4 is 0 Å². The van der Waals surface area contributed by atoms with Gasteiger partial charge < -0.3 is 0 Å². The number of pyridine rings is 1. The monoisotopic (exact) mass is 188 g/mol. The Bertz CT molecular complexity index is 543. The molecule has 0 spiro atoms. The van der Waals surface area contributed by atoms with Crippen molar-refractivity contribution in [3.05, 3.63) is 53.7 Å². The van der Waals surface area contributed by atoms with Crippen molar-refractivity contribution in [2.24, 2.45) is 0 Å². The zero-order valence-electron chi connectivity index (χ0n) is 12.6. The molecule has 0 saturated heterocycles. The van der Waals surface area contributed by atoms with E-state index in [0.717, 1.165) is 5.56 Å². The van der Waals surface area contributed by atoms with Crippen LogP contribution in [0.25, 0.3) is 11.3 Å². The van der Waals surface area contributed by atoms with Gasteiger partial charge in [-0.2, -0.15) is 0 Å². The Kier molecular flexibility index (Phi) is 1.23. The molecule has 0 aliphatic rings. The molecular formula is C13H13N. The van der Waals surface area contributed by atoms with E-state index in [2.05, 4.69) is 4.98 Å². The SMILES string of the molecule is [2H]C([2H])c1ccc(-c2ccc(C([2H])([2H])[2H])cn2)cc1. The maximum Gasteiger partial charge on any atom is 0.0702 e. The van der Waals surface area contributed by atoms with Crippen LogP contribution < -0.4 is 0 Å². The second-order valence-corrected chi connectivity index (χ2v) is 3.05. The first kappa shape index (κ1) is 4.74. The molecule has 0 unspecified atom stereocenters. The topological polar surface area (TPSA) is 12.9 Å². The molecule has 1 nitrogen and oxygen atoms in total. The normalized spacial score (nSPS) is 16.5. The molecule has 14 heavy (non-hydrogen) atoms. The lowest BCUT2D eigenvalue weighted by atomic mass is 10.1. The van der Waals surface area contributed by atoms with Gasteiger partial charge in [0, 0.05) is 18.6 Å². The van der Waals surface area contributed by atoms with Gasteiger partial charge in [0.1, 0.15) is 0 Å². The van der Waals surface area contributed by atoms with Crippen LogP contribution in [0, 0.1) is 13.7 Å². The molecule has 1 aromatic carbocycles. The van der Waals surface area contributed by atoms with E-state index in [9.17, 15) is 0 Å². The van der Waals surface area contributed by atoms with Gasteiger partial charge in [-0.25, -0.2) is 0 Å². The van der Waals surface area contributed by atoms with Gasteiger partial charge in [-0.15, -0.1) is 0 Å². The largest absolute Gasteiger partial charge is 0.256 e. The number of aryl methyl sites for hydroxylation is 2. The minimum absolute atomic E-state index is 0.213. The van der Waals surface area contributed by atoms with E-state index in [0.29, 0.717) is 11.3 Å². The molecule has 1 aromatic heterocycles.